The number of carboxylic acids is 1. The molecule has 11 nitrogen and oxygen atoms in total. The molecule has 0 bridgehead atoms. The number of benzene rings is 1. The van der Waals surface area contributed by atoms with Crippen LogP contribution in [0.3, 0.4) is 0 Å². The molecule has 0 aliphatic rings. The van der Waals surface area contributed by atoms with E-state index in [0.29, 0.717) is 29.8 Å². The molecule has 1 aromatic rings. The molecule has 9 N–H and O–H groups in total. The normalized spacial score (nSPS) is 12.6. The highest BCUT2D eigenvalue weighted by Gasteiger charge is 2.35. The molecule has 2 atom stereocenters. The molecule has 30 heavy (non-hydrogen) atoms. The van der Waals surface area contributed by atoms with Gasteiger partial charge >= 0.3 is 5.97 Å². The summed E-state index contributed by atoms with van der Waals surface area (Å²) >= 11 is 0. The second-order valence-electron chi connectivity index (χ2n) is 6.64. The number of amides is 3. The summed E-state index contributed by atoms with van der Waals surface area (Å²) in [5, 5.41) is 21.2. The van der Waals surface area contributed by atoms with Gasteiger partial charge in [-0.15, -0.1) is 0 Å². The van der Waals surface area contributed by atoms with Gasteiger partial charge in [-0.05, 0) is 43.5 Å². The van der Waals surface area contributed by atoms with Crippen molar-refractivity contribution in [2.45, 2.75) is 37.8 Å². The number of phenolic OH excluding ortho intramolecular Hbond substituents is 1. The van der Waals surface area contributed by atoms with Crippen molar-refractivity contribution < 1.29 is 29.4 Å². The second kappa shape index (κ2) is 12.5. The maximum atomic E-state index is 12.9. The van der Waals surface area contributed by atoms with Crippen molar-refractivity contribution in [1.29, 1.82) is 0 Å². The first-order valence-electron chi connectivity index (χ1n) is 9.51. The first kappa shape index (κ1) is 25.0. The molecule has 0 radical (unpaired) electrons. The molecule has 0 saturated carbocycles. The van der Waals surface area contributed by atoms with Gasteiger partial charge in [0.25, 0.3) is 0 Å². The van der Waals surface area contributed by atoms with Crippen molar-refractivity contribution in [3.63, 3.8) is 0 Å². The number of nitrogens with one attached hydrogen (secondary N) is 1. The summed E-state index contributed by atoms with van der Waals surface area (Å²) in [6, 6.07) is 3.27. The van der Waals surface area contributed by atoms with E-state index < -0.39 is 48.9 Å². The second-order valence-corrected chi connectivity index (χ2v) is 6.64. The van der Waals surface area contributed by atoms with Crippen LogP contribution in [-0.4, -0.2) is 70.5 Å². The summed E-state index contributed by atoms with van der Waals surface area (Å²) in [6.45, 7) is -0.673. The van der Waals surface area contributed by atoms with Gasteiger partial charge in [-0.1, -0.05) is 12.1 Å². The van der Waals surface area contributed by atoms with Crippen LogP contribution < -0.4 is 22.5 Å². The molecule has 0 unspecified atom stereocenters. The van der Waals surface area contributed by atoms with E-state index in [2.05, 4.69) is 5.32 Å². The molecular weight excluding hydrogens is 394 g/mol. The number of carbonyl (C=O) groups is 4. The summed E-state index contributed by atoms with van der Waals surface area (Å²) in [6.07, 6.45) is 0.996. The number of imide groups is 1. The highest BCUT2D eigenvalue weighted by Crippen LogP contribution is 2.14. The minimum atomic E-state index is -1.32. The van der Waals surface area contributed by atoms with E-state index in [4.69, 9.17) is 17.2 Å². The van der Waals surface area contributed by atoms with E-state index in [1.807, 2.05) is 0 Å². The molecule has 0 heterocycles. The molecule has 1 aromatic carbocycles. The van der Waals surface area contributed by atoms with Crippen molar-refractivity contribution >= 4 is 23.7 Å². The lowest BCUT2D eigenvalue weighted by molar-refractivity contribution is -0.151. The van der Waals surface area contributed by atoms with Crippen molar-refractivity contribution in [2.24, 2.45) is 17.2 Å². The van der Waals surface area contributed by atoms with Crippen molar-refractivity contribution in [2.75, 3.05) is 19.6 Å². The van der Waals surface area contributed by atoms with Gasteiger partial charge in [-0.2, -0.15) is 0 Å². The number of phenols is 1. The Morgan fingerprint density at radius 3 is 2.00 bits per heavy atom. The van der Waals surface area contributed by atoms with Crippen LogP contribution in [0, 0.1) is 0 Å². The Labute approximate surface area is 174 Å². The van der Waals surface area contributed by atoms with Gasteiger partial charge in [0.15, 0.2) is 0 Å². The molecule has 3 amide bonds. The zero-order valence-electron chi connectivity index (χ0n) is 16.6. The zero-order valence-corrected chi connectivity index (χ0v) is 16.6. The van der Waals surface area contributed by atoms with E-state index in [0.717, 1.165) is 0 Å². The molecule has 11 heteroatoms. The van der Waals surface area contributed by atoms with Gasteiger partial charge in [0.05, 0.1) is 13.1 Å². The minimum Gasteiger partial charge on any atom is -0.508 e. The summed E-state index contributed by atoms with van der Waals surface area (Å²) in [5.41, 5.74) is 16.8. The highest BCUT2D eigenvalue weighted by atomic mass is 16.4. The molecule has 0 spiro atoms. The van der Waals surface area contributed by atoms with Gasteiger partial charge in [0.1, 0.15) is 17.8 Å². The zero-order chi connectivity index (χ0) is 22.7. The van der Waals surface area contributed by atoms with Crippen LogP contribution >= 0.6 is 0 Å². The Morgan fingerprint density at radius 2 is 1.53 bits per heavy atom. The summed E-state index contributed by atoms with van der Waals surface area (Å²) < 4.78 is 0. The number of hydrogen-bond acceptors (Lipinski definition) is 8. The number of unbranched alkanes of at least 4 members (excludes halogenated alkanes) is 1. The van der Waals surface area contributed by atoms with Crippen LogP contribution in [0.15, 0.2) is 24.3 Å². The number of aromatic hydroxyl groups is 1. The van der Waals surface area contributed by atoms with Crippen molar-refractivity contribution in [3.8, 4) is 5.75 Å². The van der Waals surface area contributed by atoms with Crippen LogP contribution in [0.5, 0.6) is 5.75 Å². The van der Waals surface area contributed by atoms with Gasteiger partial charge < -0.3 is 32.7 Å². The lowest BCUT2D eigenvalue weighted by Crippen LogP contribution is -2.57. The van der Waals surface area contributed by atoms with Crippen LogP contribution in [0.4, 0.5) is 0 Å². The smallest absolute Gasteiger partial charge is 0.326 e. The molecule has 0 saturated heterocycles. The van der Waals surface area contributed by atoms with E-state index in [1.54, 1.807) is 0 Å². The third-order valence-electron chi connectivity index (χ3n) is 4.42. The number of hydrogen-bond donors (Lipinski definition) is 6. The lowest BCUT2D eigenvalue weighted by Gasteiger charge is -2.30. The number of nitrogens with two attached hydrogens (primary N) is 3. The van der Waals surface area contributed by atoms with Gasteiger partial charge in [-0.25, -0.2) is 4.79 Å². The lowest BCUT2D eigenvalue weighted by atomic mass is 10.0. The van der Waals surface area contributed by atoms with E-state index in [1.165, 1.54) is 24.3 Å². The van der Waals surface area contributed by atoms with E-state index >= 15 is 0 Å². The number of carbonyl (C=O) groups excluding carboxylic acids is 3. The first-order chi connectivity index (χ1) is 14.2. The molecule has 1 rings (SSSR count). The van der Waals surface area contributed by atoms with Crippen LogP contribution in [0.2, 0.25) is 0 Å². The Bertz CT molecular complexity index is 723. The van der Waals surface area contributed by atoms with Gasteiger partial charge in [0, 0.05) is 6.42 Å². The average Bonchev–Trinajstić information content (AvgIpc) is 2.73. The SMILES string of the molecule is NCCCC[C@@H](C(=O)N[C@@H](Cc1ccc(O)cc1)C(=O)O)N(C(=O)CN)C(=O)CN. The number of aliphatic carboxylic acids is 1. The number of carboxylic acid groups (broad SMARTS) is 1. The Hall–Kier alpha value is -3.02. The Kier molecular flexibility index (Phi) is 10.4. The average molecular weight is 423 g/mol. The largest absolute Gasteiger partial charge is 0.508 e. The quantitative estimate of drug-likeness (QED) is 0.211. The van der Waals surface area contributed by atoms with Crippen molar-refractivity contribution in [3.05, 3.63) is 29.8 Å². The predicted molar refractivity (Wildman–Crippen MR) is 108 cm³/mol. The van der Waals surface area contributed by atoms with Crippen LogP contribution in [0.1, 0.15) is 24.8 Å². The topological polar surface area (TPSA) is 202 Å². The fraction of sp³-hybridized carbons (Fsp3) is 0.474. The van der Waals surface area contributed by atoms with Crippen LogP contribution in [0.25, 0.3) is 0 Å². The maximum Gasteiger partial charge on any atom is 0.326 e. The Morgan fingerprint density at radius 1 is 0.967 bits per heavy atom. The fourth-order valence-corrected chi connectivity index (χ4v) is 2.88. The number of rotatable bonds is 12. The third kappa shape index (κ3) is 7.43. The molecule has 0 aliphatic carbocycles. The third-order valence-corrected chi connectivity index (χ3v) is 4.42. The summed E-state index contributed by atoms with van der Waals surface area (Å²) in [5.74, 6) is -3.65. The van der Waals surface area contributed by atoms with E-state index in [-0.39, 0.29) is 18.6 Å². The molecule has 0 aromatic heterocycles. The monoisotopic (exact) mass is 423 g/mol. The maximum absolute atomic E-state index is 12.9. The van der Waals surface area contributed by atoms with Gasteiger partial charge in [0.2, 0.25) is 17.7 Å². The summed E-state index contributed by atoms with van der Waals surface area (Å²) in [4.78, 5) is 49.7. The van der Waals surface area contributed by atoms with Gasteiger partial charge in [-0.3, -0.25) is 19.3 Å². The molecular formula is C19H29N5O6. The van der Waals surface area contributed by atoms with Crippen LogP contribution in [-0.2, 0) is 25.6 Å². The first-order valence-corrected chi connectivity index (χ1v) is 9.51. The molecule has 0 aliphatic heterocycles. The fourth-order valence-electron chi connectivity index (χ4n) is 2.88. The highest BCUT2D eigenvalue weighted by molar-refractivity contribution is 6.02. The number of nitrogens with zero attached hydrogens (tertiary/aromatic N) is 1. The summed E-state index contributed by atoms with van der Waals surface area (Å²) in [7, 11) is 0. The van der Waals surface area contributed by atoms with Crippen molar-refractivity contribution in [1.82, 2.24) is 10.2 Å². The minimum absolute atomic E-state index is 0.0193. The Balaban J connectivity index is 3.08. The van der Waals surface area contributed by atoms with E-state index in [9.17, 15) is 29.4 Å². The molecule has 0 fully saturated rings. The predicted octanol–water partition coefficient (Wildman–Crippen LogP) is -1.73. The standard InChI is InChI=1S/C19H29N5O6/c20-8-2-1-3-15(24(16(26)10-21)17(27)11-22)18(28)23-14(19(29)30)9-12-4-6-13(25)7-5-12/h4-7,14-15,25H,1-3,8-11,20-22H2,(H,23,28)(H,29,30)/t14-,15-/m0/s1. The molecule has 166 valence electrons.